The van der Waals surface area contributed by atoms with Crippen LogP contribution in [0, 0.1) is 5.92 Å². The van der Waals surface area contributed by atoms with Gasteiger partial charge in [0.1, 0.15) is 6.04 Å². The molecule has 0 radical (unpaired) electrons. The van der Waals surface area contributed by atoms with Crippen LogP contribution in [0.4, 0.5) is 0 Å². The predicted molar refractivity (Wildman–Crippen MR) is 129 cm³/mol. The number of rotatable bonds is 8. The average Bonchev–Trinajstić information content (AvgIpc) is 2.79. The maximum Gasteiger partial charge on any atom is 0.247 e. The topological polar surface area (TPSA) is 49.4 Å². The lowest BCUT2D eigenvalue weighted by Crippen LogP contribution is -2.44. The second-order valence-electron chi connectivity index (χ2n) is 7.90. The first-order valence-corrected chi connectivity index (χ1v) is 11.2. The molecule has 0 aromatic heterocycles. The molecule has 0 fully saturated rings. The van der Waals surface area contributed by atoms with Crippen molar-refractivity contribution in [1.29, 1.82) is 0 Å². The smallest absolute Gasteiger partial charge is 0.247 e. The van der Waals surface area contributed by atoms with E-state index >= 15 is 0 Å². The molecular formula is C26H26Cl2N2O2. The van der Waals surface area contributed by atoms with Crippen molar-refractivity contribution in [2.75, 3.05) is 0 Å². The molecule has 3 aromatic rings. The highest BCUT2D eigenvalue weighted by Gasteiger charge is 2.32. The van der Waals surface area contributed by atoms with E-state index in [1.54, 1.807) is 29.2 Å². The highest BCUT2D eigenvalue weighted by molar-refractivity contribution is 6.30. The van der Waals surface area contributed by atoms with Gasteiger partial charge in [-0.05, 0) is 41.0 Å². The summed E-state index contributed by atoms with van der Waals surface area (Å²) in [7, 11) is 0. The molecule has 2 amide bonds. The van der Waals surface area contributed by atoms with Crippen molar-refractivity contribution in [2.45, 2.75) is 33.0 Å². The van der Waals surface area contributed by atoms with Gasteiger partial charge in [0.25, 0.3) is 0 Å². The Labute approximate surface area is 199 Å². The van der Waals surface area contributed by atoms with Gasteiger partial charge in [-0.2, -0.15) is 0 Å². The molecular weight excluding hydrogens is 443 g/mol. The molecule has 3 rings (SSSR count). The lowest BCUT2D eigenvalue weighted by Gasteiger charge is -2.33. The van der Waals surface area contributed by atoms with Crippen LogP contribution in [0.3, 0.4) is 0 Å². The van der Waals surface area contributed by atoms with Crippen LogP contribution in [0.1, 0.15) is 36.6 Å². The zero-order chi connectivity index (χ0) is 23.1. The molecule has 0 saturated carbocycles. The minimum atomic E-state index is -0.769. The third kappa shape index (κ3) is 6.35. The molecule has 0 bridgehead atoms. The summed E-state index contributed by atoms with van der Waals surface area (Å²) in [5, 5.41) is 4.25. The minimum Gasteiger partial charge on any atom is -0.350 e. The van der Waals surface area contributed by atoms with E-state index < -0.39 is 6.04 Å². The van der Waals surface area contributed by atoms with Crippen LogP contribution in [0.5, 0.6) is 0 Å². The number of hydrogen-bond donors (Lipinski definition) is 1. The Kier molecular flexibility index (Phi) is 8.32. The monoisotopic (exact) mass is 468 g/mol. The van der Waals surface area contributed by atoms with E-state index in [-0.39, 0.29) is 17.7 Å². The average molecular weight is 469 g/mol. The summed E-state index contributed by atoms with van der Waals surface area (Å²) < 4.78 is 0. The van der Waals surface area contributed by atoms with Crippen molar-refractivity contribution in [1.82, 2.24) is 10.2 Å². The molecule has 32 heavy (non-hydrogen) atoms. The highest BCUT2D eigenvalue weighted by atomic mass is 35.5. The second kappa shape index (κ2) is 11.2. The first-order chi connectivity index (χ1) is 15.3. The van der Waals surface area contributed by atoms with Crippen LogP contribution in [0.25, 0.3) is 0 Å². The standard InChI is InChI=1S/C26H26Cl2N2O2/c1-18(2)26(32)30(17-20-10-14-23(28)15-11-20)24(21-6-4-3-5-7-21)25(31)29-16-19-8-12-22(27)13-9-19/h3-15,18,24H,16-17H2,1-2H3,(H,29,31). The molecule has 0 saturated heterocycles. The van der Waals surface area contributed by atoms with Gasteiger partial charge < -0.3 is 10.2 Å². The fourth-order valence-corrected chi connectivity index (χ4v) is 3.66. The summed E-state index contributed by atoms with van der Waals surface area (Å²) in [5.74, 6) is -0.609. The van der Waals surface area contributed by atoms with E-state index in [9.17, 15) is 9.59 Å². The van der Waals surface area contributed by atoms with Crippen LogP contribution in [0.2, 0.25) is 10.0 Å². The Bertz CT molecular complexity index is 1040. The number of amides is 2. The fraction of sp³-hybridized carbons (Fsp3) is 0.231. The van der Waals surface area contributed by atoms with Gasteiger partial charge in [-0.1, -0.05) is 91.6 Å². The molecule has 1 atom stereocenters. The van der Waals surface area contributed by atoms with E-state index in [4.69, 9.17) is 23.2 Å². The number of nitrogens with zero attached hydrogens (tertiary/aromatic N) is 1. The molecule has 0 aliphatic carbocycles. The summed E-state index contributed by atoms with van der Waals surface area (Å²) in [5.41, 5.74) is 2.58. The van der Waals surface area contributed by atoms with Gasteiger partial charge in [0.05, 0.1) is 0 Å². The fourth-order valence-electron chi connectivity index (χ4n) is 3.41. The maximum absolute atomic E-state index is 13.4. The third-order valence-electron chi connectivity index (χ3n) is 5.10. The van der Waals surface area contributed by atoms with Gasteiger partial charge in [-0.25, -0.2) is 0 Å². The summed E-state index contributed by atoms with van der Waals surface area (Å²) in [4.78, 5) is 28.3. The Hall–Kier alpha value is -2.82. The van der Waals surface area contributed by atoms with Gasteiger partial charge in [0, 0.05) is 29.1 Å². The summed E-state index contributed by atoms with van der Waals surface area (Å²) in [6.45, 7) is 4.31. The van der Waals surface area contributed by atoms with Gasteiger partial charge in [-0.3, -0.25) is 9.59 Å². The van der Waals surface area contributed by atoms with E-state index in [1.807, 2.05) is 68.4 Å². The van der Waals surface area contributed by atoms with Crippen LogP contribution in [0.15, 0.2) is 78.9 Å². The van der Waals surface area contributed by atoms with Gasteiger partial charge in [0.15, 0.2) is 0 Å². The number of carbonyl (C=O) groups excluding carboxylic acids is 2. The van der Waals surface area contributed by atoms with E-state index in [0.29, 0.717) is 23.1 Å². The molecule has 1 unspecified atom stereocenters. The van der Waals surface area contributed by atoms with Gasteiger partial charge in [-0.15, -0.1) is 0 Å². The zero-order valence-electron chi connectivity index (χ0n) is 18.1. The number of nitrogens with one attached hydrogen (secondary N) is 1. The lowest BCUT2D eigenvalue weighted by atomic mass is 10.0. The summed E-state index contributed by atoms with van der Waals surface area (Å²) in [6.07, 6.45) is 0. The quantitative estimate of drug-likeness (QED) is 0.438. The van der Waals surface area contributed by atoms with E-state index in [2.05, 4.69) is 5.32 Å². The molecule has 4 nitrogen and oxygen atoms in total. The van der Waals surface area contributed by atoms with Crippen LogP contribution < -0.4 is 5.32 Å². The van der Waals surface area contributed by atoms with Crippen LogP contribution in [-0.4, -0.2) is 16.7 Å². The molecule has 166 valence electrons. The molecule has 6 heteroatoms. The second-order valence-corrected chi connectivity index (χ2v) is 8.78. The molecule has 1 N–H and O–H groups in total. The van der Waals surface area contributed by atoms with E-state index in [1.165, 1.54) is 0 Å². The van der Waals surface area contributed by atoms with E-state index in [0.717, 1.165) is 16.7 Å². The normalized spacial score (nSPS) is 11.8. The summed E-state index contributed by atoms with van der Waals surface area (Å²) >= 11 is 12.0. The Morgan fingerprint density at radius 3 is 1.88 bits per heavy atom. The molecule has 0 heterocycles. The predicted octanol–water partition coefficient (Wildman–Crippen LogP) is 6.04. The summed E-state index contributed by atoms with van der Waals surface area (Å²) in [6, 6.07) is 23.2. The molecule has 0 aliphatic heterocycles. The van der Waals surface area contributed by atoms with Crippen LogP contribution >= 0.6 is 23.2 Å². The van der Waals surface area contributed by atoms with Gasteiger partial charge in [0.2, 0.25) is 11.8 Å². The molecule has 0 aliphatic rings. The lowest BCUT2D eigenvalue weighted by molar-refractivity contribution is -0.144. The first-order valence-electron chi connectivity index (χ1n) is 10.5. The van der Waals surface area contributed by atoms with Crippen molar-refractivity contribution in [3.05, 3.63) is 106 Å². The third-order valence-corrected chi connectivity index (χ3v) is 5.60. The van der Waals surface area contributed by atoms with Crippen molar-refractivity contribution in [2.24, 2.45) is 5.92 Å². The highest BCUT2D eigenvalue weighted by Crippen LogP contribution is 2.26. The Balaban J connectivity index is 1.92. The van der Waals surface area contributed by atoms with Crippen LogP contribution in [-0.2, 0) is 22.7 Å². The molecule has 0 spiro atoms. The van der Waals surface area contributed by atoms with Crippen molar-refractivity contribution >= 4 is 35.0 Å². The Morgan fingerprint density at radius 1 is 0.812 bits per heavy atom. The first kappa shape index (κ1) is 23.8. The van der Waals surface area contributed by atoms with Crippen molar-refractivity contribution < 1.29 is 9.59 Å². The van der Waals surface area contributed by atoms with Gasteiger partial charge >= 0.3 is 0 Å². The number of halogens is 2. The minimum absolute atomic E-state index is 0.101. The van der Waals surface area contributed by atoms with Crippen molar-refractivity contribution in [3.8, 4) is 0 Å². The SMILES string of the molecule is CC(C)C(=O)N(Cc1ccc(Cl)cc1)C(C(=O)NCc1ccc(Cl)cc1)c1ccccc1. The van der Waals surface area contributed by atoms with Crippen molar-refractivity contribution in [3.63, 3.8) is 0 Å². The largest absolute Gasteiger partial charge is 0.350 e. The maximum atomic E-state index is 13.4. The zero-order valence-corrected chi connectivity index (χ0v) is 19.6. The Morgan fingerprint density at radius 2 is 1.34 bits per heavy atom. The number of hydrogen-bond acceptors (Lipinski definition) is 2. The number of benzene rings is 3. The molecule has 3 aromatic carbocycles. The number of carbonyl (C=O) groups is 2.